The van der Waals surface area contributed by atoms with Crippen LogP contribution in [0.25, 0.3) is 0 Å². The topological polar surface area (TPSA) is 51.2 Å². The molecule has 0 aromatic heterocycles. The number of carbonyl (C=O) groups is 1. The lowest BCUT2D eigenvalue weighted by Crippen LogP contribution is -2.28. The van der Waals surface area contributed by atoms with E-state index in [0.717, 1.165) is 19.3 Å². The Labute approximate surface area is 110 Å². The number of carbonyl (C=O) groups excluding carboxylic acids is 1. The molecule has 2 rings (SSSR count). The molecule has 2 fully saturated rings. The van der Waals surface area contributed by atoms with Gasteiger partial charge in [-0.15, -0.1) is 0 Å². The zero-order chi connectivity index (χ0) is 13.2. The van der Waals surface area contributed by atoms with Crippen LogP contribution in [-0.4, -0.2) is 25.7 Å². The van der Waals surface area contributed by atoms with Crippen molar-refractivity contribution in [3.8, 4) is 0 Å². The molecule has 0 spiro atoms. The fraction of sp³-hybridized carbons (Fsp3) is 0.929. The Balaban J connectivity index is 1.91. The lowest BCUT2D eigenvalue weighted by atomic mass is 9.74. The summed E-state index contributed by atoms with van der Waals surface area (Å²) >= 11 is 0. The first-order chi connectivity index (χ1) is 8.52. The number of hydrogen-bond acceptors (Lipinski definition) is 3. The maximum atomic E-state index is 12.3. The predicted octanol–water partition coefficient (Wildman–Crippen LogP) is 2.60. The third-order valence-corrected chi connectivity index (χ3v) is 6.50. The summed E-state index contributed by atoms with van der Waals surface area (Å²) in [5.74, 6) is 1.72. The van der Waals surface area contributed by atoms with Crippen molar-refractivity contribution in [2.45, 2.75) is 51.9 Å². The van der Waals surface area contributed by atoms with Crippen LogP contribution in [0.1, 0.15) is 51.9 Å². The Hall–Kier alpha value is -0.380. The summed E-state index contributed by atoms with van der Waals surface area (Å²) in [4.78, 5) is 12.3. The zero-order valence-electron chi connectivity index (χ0n) is 11.2. The highest BCUT2D eigenvalue weighted by molar-refractivity contribution is 7.91. The summed E-state index contributed by atoms with van der Waals surface area (Å²) in [5, 5.41) is 0. The van der Waals surface area contributed by atoms with Gasteiger partial charge in [0.25, 0.3) is 0 Å². The minimum atomic E-state index is -2.84. The normalized spacial score (nSPS) is 35.5. The van der Waals surface area contributed by atoms with Gasteiger partial charge in [-0.3, -0.25) is 4.79 Å². The van der Waals surface area contributed by atoms with Crippen LogP contribution >= 0.6 is 0 Å². The molecule has 0 radical (unpaired) electrons. The summed E-state index contributed by atoms with van der Waals surface area (Å²) in [6.45, 7) is 2.16. The van der Waals surface area contributed by atoms with E-state index in [0.29, 0.717) is 24.5 Å². The summed E-state index contributed by atoms with van der Waals surface area (Å²) in [5.41, 5.74) is 0. The Kier molecular flexibility index (Phi) is 4.46. The first kappa shape index (κ1) is 14.0. The Morgan fingerprint density at radius 3 is 2.50 bits per heavy atom. The first-order valence-electron chi connectivity index (χ1n) is 7.25. The van der Waals surface area contributed by atoms with E-state index in [4.69, 9.17) is 0 Å². The van der Waals surface area contributed by atoms with Crippen LogP contribution in [-0.2, 0) is 14.6 Å². The van der Waals surface area contributed by atoms with Gasteiger partial charge in [0.15, 0.2) is 9.84 Å². The molecule has 0 aromatic rings. The monoisotopic (exact) mass is 272 g/mol. The molecule has 0 bridgehead atoms. The standard InChI is InChI=1S/C14H24O3S/c1-2-12-5-3-4-6-13(12)14(15)9-11-7-8-18(16,17)10-11/h11-13H,2-10H2,1H3. The molecule has 3 atom stereocenters. The molecule has 18 heavy (non-hydrogen) atoms. The minimum absolute atomic E-state index is 0.0990. The van der Waals surface area contributed by atoms with Gasteiger partial charge in [-0.2, -0.15) is 0 Å². The lowest BCUT2D eigenvalue weighted by molar-refractivity contribution is -0.126. The fourth-order valence-electron chi connectivity index (χ4n) is 3.59. The Bertz CT molecular complexity index is 399. The maximum Gasteiger partial charge on any atom is 0.150 e. The van der Waals surface area contributed by atoms with Gasteiger partial charge in [-0.1, -0.05) is 26.2 Å². The van der Waals surface area contributed by atoms with Crippen molar-refractivity contribution >= 4 is 15.6 Å². The summed E-state index contributed by atoms with van der Waals surface area (Å²) in [6, 6.07) is 0. The molecule has 0 amide bonds. The quantitative estimate of drug-likeness (QED) is 0.790. The van der Waals surface area contributed by atoms with E-state index >= 15 is 0 Å². The van der Waals surface area contributed by atoms with Crippen molar-refractivity contribution in [2.75, 3.05) is 11.5 Å². The molecule has 1 saturated heterocycles. The molecule has 104 valence electrons. The highest BCUT2D eigenvalue weighted by atomic mass is 32.2. The Morgan fingerprint density at radius 2 is 1.89 bits per heavy atom. The van der Waals surface area contributed by atoms with E-state index in [9.17, 15) is 13.2 Å². The van der Waals surface area contributed by atoms with Crippen molar-refractivity contribution in [2.24, 2.45) is 17.8 Å². The number of sulfone groups is 1. The maximum absolute atomic E-state index is 12.3. The number of hydrogen-bond donors (Lipinski definition) is 0. The van der Waals surface area contributed by atoms with Gasteiger partial charge < -0.3 is 0 Å². The highest BCUT2D eigenvalue weighted by Gasteiger charge is 2.34. The van der Waals surface area contributed by atoms with E-state index in [-0.39, 0.29) is 23.3 Å². The van der Waals surface area contributed by atoms with Crippen molar-refractivity contribution in [3.05, 3.63) is 0 Å². The van der Waals surface area contributed by atoms with Gasteiger partial charge >= 0.3 is 0 Å². The molecule has 1 saturated carbocycles. The van der Waals surface area contributed by atoms with Gasteiger partial charge in [0, 0.05) is 12.3 Å². The average molecular weight is 272 g/mol. The second-order valence-corrected chi connectivity index (χ2v) is 8.23. The number of Topliss-reactive ketones (excluding diaryl/α,β-unsaturated/α-hetero) is 1. The molecule has 1 heterocycles. The molecule has 0 aromatic carbocycles. The molecular weight excluding hydrogens is 248 g/mol. The predicted molar refractivity (Wildman–Crippen MR) is 72.1 cm³/mol. The van der Waals surface area contributed by atoms with Crippen molar-refractivity contribution in [3.63, 3.8) is 0 Å². The average Bonchev–Trinajstić information content (AvgIpc) is 2.68. The largest absolute Gasteiger partial charge is 0.299 e. The second-order valence-electron chi connectivity index (χ2n) is 6.00. The third-order valence-electron chi connectivity index (χ3n) is 4.66. The third kappa shape index (κ3) is 3.34. The molecule has 3 unspecified atom stereocenters. The molecule has 3 nitrogen and oxygen atoms in total. The molecular formula is C14H24O3S. The van der Waals surface area contributed by atoms with E-state index in [1.807, 2.05) is 0 Å². The van der Waals surface area contributed by atoms with Gasteiger partial charge in [0.05, 0.1) is 11.5 Å². The number of ketones is 1. The first-order valence-corrected chi connectivity index (χ1v) is 9.07. The molecule has 2 aliphatic rings. The van der Waals surface area contributed by atoms with Crippen LogP contribution in [0.3, 0.4) is 0 Å². The second kappa shape index (κ2) is 5.72. The molecule has 1 aliphatic heterocycles. The summed E-state index contributed by atoms with van der Waals surface area (Å²) < 4.78 is 22.8. The van der Waals surface area contributed by atoms with Crippen LogP contribution in [0.15, 0.2) is 0 Å². The molecule has 4 heteroatoms. The molecule has 0 N–H and O–H groups in total. The lowest BCUT2D eigenvalue weighted by Gasteiger charge is -2.30. The van der Waals surface area contributed by atoms with E-state index in [1.165, 1.54) is 12.8 Å². The summed E-state index contributed by atoms with van der Waals surface area (Å²) in [7, 11) is -2.84. The Morgan fingerprint density at radius 1 is 1.17 bits per heavy atom. The van der Waals surface area contributed by atoms with Crippen LogP contribution in [0, 0.1) is 17.8 Å². The van der Waals surface area contributed by atoms with Crippen LogP contribution in [0.4, 0.5) is 0 Å². The number of rotatable bonds is 4. The van der Waals surface area contributed by atoms with Crippen molar-refractivity contribution in [1.29, 1.82) is 0 Å². The minimum Gasteiger partial charge on any atom is -0.299 e. The van der Waals surface area contributed by atoms with Gasteiger partial charge in [-0.05, 0) is 31.1 Å². The van der Waals surface area contributed by atoms with Crippen molar-refractivity contribution in [1.82, 2.24) is 0 Å². The SMILES string of the molecule is CCC1CCCCC1C(=O)CC1CCS(=O)(=O)C1. The highest BCUT2D eigenvalue weighted by Crippen LogP contribution is 2.35. The van der Waals surface area contributed by atoms with E-state index in [1.54, 1.807) is 0 Å². The van der Waals surface area contributed by atoms with Crippen LogP contribution in [0.2, 0.25) is 0 Å². The molecule has 1 aliphatic carbocycles. The van der Waals surface area contributed by atoms with E-state index < -0.39 is 9.84 Å². The fourth-order valence-corrected chi connectivity index (χ4v) is 5.45. The smallest absolute Gasteiger partial charge is 0.150 e. The van der Waals surface area contributed by atoms with Crippen LogP contribution < -0.4 is 0 Å². The van der Waals surface area contributed by atoms with Crippen molar-refractivity contribution < 1.29 is 13.2 Å². The zero-order valence-corrected chi connectivity index (χ0v) is 12.0. The van der Waals surface area contributed by atoms with Gasteiger partial charge in [0.2, 0.25) is 0 Å². The summed E-state index contributed by atoms with van der Waals surface area (Å²) in [6.07, 6.45) is 6.89. The van der Waals surface area contributed by atoms with E-state index in [2.05, 4.69) is 6.92 Å². The van der Waals surface area contributed by atoms with Crippen LogP contribution in [0.5, 0.6) is 0 Å². The van der Waals surface area contributed by atoms with Gasteiger partial charge in [-0.25, -0.2) is 8.42 Å². The van der Waals surface area contributed by atoms with Gasteiger partial charge in [0.1, 0.15) is 5.78 Å².